The van der Waals surface area contributed by atoms with E-state index in [-0.39, 0.29) is 0 Å². The molecule has 1 N–H and O–H groups in total. The van der Waals surface area contributed by atoms with Crippen LogP contribution >= 0.6 is 0 Å². The predicted molar refractivity (Wildman–Crippen MR) is 106 cm³/mol. The van der Waals surface area contributed by atoms with Gasteiger partial charge < -0.3 is 29.5 Å². The number of nitrogens with one attached hydrogen (secondary N) is 1. The number of morpholine rings is 2. The van der Waals surface area contributed by atoms with Gasteiger partial charge >= 0.3 is 0 Å². The van der Waals surface area contributed by atoms with Gasteiger partial charge in [0, 0.05) is 52.4 Å². The molecule has 0 radical (unpaired) electrons. The van der Waals surface area contributed by atoms with Crippen molar-refractivity contribution >= 4 is 28.7 Å². The first kappa shape index (κ1) is 17.8. The summed E-state index contributed by atoms with van der Waals surface area (Å²) in [5.74, 6) is 2.46. The summed E-state index contributed by atoms with van der Waals surface area (Å²) >= 11 is 0. The Hall–Kier alpha value is -2.30. The molecule has 150 valence electrons. The van der Waals surface area contributed by atoms with Crippen LogP contribution in [0.15, 0.2) is 6.20 Å². The highest BCUT2D eigenvalue weighted by Crippen LogP contribution is 2.26. The fourth-order valence-electron chi connectivity index (χ4n) is 3.82. The average Bonchev–Trinajstić information content (AvgIpc) is 2.79. The van der Waals surface area contributed by atoms with E-state index in [1.807, 2.05) is 6.20 Å². The molecule has 0 bridgehead atoms. The SMILES string of the molecule is c1nc2c(N3CCOCC3)nc(N3CCNCC3)nc2nc1N1CCOCC1. The zero-order valence-corrected chi connectivity index (χ0v) is 16.0. The zero-order valence-electron chi connectivity index (χ0n) is 16.0. The lowest BCUT2D eigenvalue weighted by Crippen LogP contribution is -2.44. The van der Waals surface area contributed by atoms with Crippen LogP contribution in [0.4, 0.5) is 17.6 Å². The molecule has 0 amide bonds. The summed E-state index contributed by atoms with van der Waals surface area (Å²) in [5.41, 5.74) is 1.42. The van der Waals surface area contributed by atoms with Crippen LogP contribution in [0, 0.1) is 0 Å². The van der Waals surface area contributed by atoms with Crippen LogP contribution in [0.3, 0.4) is 0 Å². The third-order valence-corrected chi connectivity index (χ3v) is 5.41. The number of hydrogen-bond donors (Lipinski definition) is 1. The molecule has 0 aliphatic carbocycles. The number of aromatic nitrogens is 4. The van der Waals surface area contributed by atoms with Gasteiger partial charge in [-0.2, -0.15) is 9.97 Å². The molecule has 0 atom stereocenters. The van der Waals surface area contributed by atoms with E-state index in [4.69, 9.17) is 29.4 Å². The molecule has 0 aromatic carbocycles. The number of piperazine rings is 1. The van der Waals surface area contributed by atoms with Crippen molar-refractivity contribution in [2.45, 2.75) is 0 Å². The summed E-state index contributed by atoms with van der Waals surface area (Å²) in [6.45, 7) is 9.76. The Kier molecular flexibility index (Phi) is 5.06. The second-order valence-electron chi connectivity index (χ2n) is 7.18. The molecular formula is C18H26N8O2. The number of anilines is 3. The predicted octanol–water partition coefficient (Wildman–Crippen LogP) is -0.497. The van der Waals surface area contributed by atoms with Crippen LogP contribution in [-0.2, 0) is 9.47 Å². The molecule has 10 heteroatoms. The van der Waals surface area contributed by atoms with Crippen molar-refractivity contribution < 1.29 is 9.47 Å². The van der Waals surface area contributed by atoms with Gasteiger partial charge in [-0.15, -0.1) is 0 Å². The largest absolute Gasteiger partial charge is 0.378 e. The minimum atomic E-state index is 0.661. The summed E-state index contributed by atoms with van der Waals surface area (Å²) in [7, 11) is 0. The minimum absolute atomic E-state index is 0.661. The Labute approximate surface area is 163 Å². The van der Waals surface area contributed by atoms with Gasteiger partial charge in [0.1, 0.15) is 5.82 Å². The molecule has 28 heavy (non-hydrogen) atoms. The quantitative estimate of drug-likeness (QED) is 0.744. The normalized spacial score (nSPS) is 21.4. The molecule has 0 unspecified atom stereocenters. The van der Waals surface area contributed by atoms with Crippen molar-refractivity contribution in [3.05, 3.63) is 6.20 Å². The van der Waals surface area contributed by atoms with E-state index in [9.17, 15) is 0 Å². The Morgan fingerprint density at radius 1 is 0.750 bits per heavy atom. The Balaban J connectivity index is 1.56. The maximum atomic E-state index is 5.52. The van der Waals surface area contributed by atoms with Gasteiger partial charge in [-0.05, 0) is 0 Å². The van der Waals surface area contributed by atoms with E-state index < -0.39 is 0 Å². The van der Waals surface area contributed by atoms with Crippen LogP contribution in [0.1, 0.15) is 0 Å². The third kappa shape index (κ3) is 3.54. The molecule has 3 saturated heterocycles. The van der Waals surface area contributed by atoms with Crippen molar-refractivity contribution in [2.75, 3.05) is 93.5 Å². The van der Waals surface area contributed by atoms with Crippen molar-refractivity contribution in [3.63, 3.8) is 0 Å². The smallest absolute Gasteiger partial charge is 0.229 e. The van der Waals surface area contributed by atoms with E-state index in [1.165, 1.54) is 0 Å². The molecule has 3 aliphatic heterocycles. The topological polar surface area (TPSA) is 91.8 Å². The van der Waals surface area contributed by atoms with Gasteiger partial charge in [0.25, 0.3) is 0 Å². The fourth-order valence-corrected chi connectivity index (χ4v) is 3.82. The first-order valence-electron chi connectivity index (χ1n) is 10.0. The van der Waals surface area contributed by atoms with E-state index in [0.717, 1.165) is 75.5 Å². The molecule has 0 spiro atoms. The molecule has 2 aromatic rings. The number of rotatable bonds is 3. The van der Waals surface area contributed by atoms with Gasteiger partial charge in [0.2, 0.25) is 5.95 Å². The fraction of sp³-hybridized carbons (Fsp3) is 0.667. The van der Waals surface area contributed by atoms with Gasteiger partial charge in [0.05, 0.1) is 32.6 Å². The maximum Gasteiger partial charge on any atom is 0.229 e. The lowest BCUT2D eigenvalue weighted by molar-refractivity contribution is 0.122. The minimum Gasteiger partial charge on any atom is -0.378 e. The summed E-state index contributed by atoms with van der Waals surface area (Å²) < 4.78 is 11.0. The second-order valence-corrected chi connectivity index (χ2v) is 7.18. The lowest BCUT2D eigenvalue weighted by Gasteiger charge is -2.31. The first-order chi connectivity index (χ1) is 13.9. The number of fused-ring (bicyclic) bond motifs is 1. The molecule has 5 heterocycles. The summed E-state index contributed by atoms with van der Waals surface area (Å²) in [4.78, 5) is 26.0. The summed E-state index contributed by atoms with van der Waals surface area (Å²) in [6, 6.07) is 0. The average molecular weight is 386 g/mol. The van der Waals surface area contributed by atoms with Crippen molar-refractivity contribution in [1.82, 2.24) is 25.3 Å². The number of nitrogens with zero attached hydrogens (tertiary/aromatic N) is 7. The highest BCUT2D eigenvalue weighted by atomic mass is 16.5. The van der Waals surface area contributed by atoms with Crippen LogP contribution in [0.5, 0.6) is 0 Å². The molecular weight excluding hydrogens is 360 g/mol. The van der Waals surface area contributed by atoms with Crippen LogP contribution < -0.4 is 20.0 Å². The Morgan fingerprint density at radius 2 is 1.43 bits per heavy atom. The van der Waals surface area contributed by atoms with Crippen molar-refractivity contribution in [1.29, 1.82) is 0 Å². The standard InChI is InChI=1S/C18H26N8O2/c1-3-26(4-2-19-1)18-22-16-15(17(23-18)25-7-11-28-12-8-25)20-13-14(21-16)24-5-9-27-10-6-24/h13,19H,1-12H2. The second kappa shape index (κ2) is 7.98. The third-order valence-electron chi connectivity index (χ3n) is 5.41. The lowest BCUT2D eigenvalue weighted by atomic mass is 10.3. The Bertz CT molecular complexity index is 811. The van der Waals surface area contributed by atoms with Crippen LogP contribution in [0.2, 0.25) is 0 Å². The van der Waals surface area contributed by atoms with Crippen LogP contribution in [0.25, 0.3) is 11.2 Å². The molecule has 3 aliphatic rings. The number of hydrogen-bond acceptors (Lipinski definition) is 10. The summed E-state index contributed by atoms with van der Waals surface area (Å²) in [5, 5.41) is 3.38. The molecule has 0 saturated carbocycles. The van der Waals surface area contributed by atoms with E-state index in [2.05, 4.69) is 20.0 Å². The van der Waals surface area contributed by atoms with Crippen molar-refractivity contribution in [3.8, 4) is 0 Å². The van der Waals surface area contributed by atoms with Gasteiger partial charge in [-0.25, -0.2) is 9.97 Å². The van der Waals surface area contributed by atoms with Crippen LogP contribution in [-0.4, -0.2) is 98.7 Å². The van der Waals surface area contributed by atoms with E-state index in [0.29, 0.717) is 32.1 Å². The van der Waals surface area contributed by atoms with E-state index in [1.54, 1.807) is 0 Å². The highest BCUT2D eigenvalue weighted by molar-refractivity contribution is 5.85. The zero-order chi connectivity index (χ0) is 18.8. The number of ether oxygens (including phenoxy) is 2. The first-order valence-corrected chi connectivity index (χ1v) is 10.0. The van der Waals surface area contributed by atoms with Crippen molar-refractivity contribution in [2.24, 2.45) is 0 Å². The van der Waals surface area contributed by atoms with E-state index >= 15 is 0 Å². The molecule has 10 nitrogen and oxygen atoms in total. The molecule has 2 aromatic heterocycles. The highest BCUT2D eigenvalue weighted by Gasteiger charge is 2.23. The Morgan fingerprint density at radius 3 is 2.14 bits per heavy atom. The van der Waals surface area contributed by atoms with Gasteiger partial charge in [0.15, 0.2) is 17.0 Å². The monoisotopic (exact) mass is 386 g/mol. The molecule has 5 rings (SSSR count). The summed E-state index contributed by atoms with van der Waals surface area (Å²) in [6.07, 6.45) is 1.84. The van der Waals surface area contributed by atoms with Gasteiger partial charge in [-0.3, -0.25) is 0 Å². The maximum absolute atomic E-state index is 5.52. The molecule has 3 fully saturated rings. The van der Waals surface area contributed by atoms with Gasteiger partial charge in [-0.1, -0.05) is 0 Å².